The Morgan fingerprint density at radius 3 is 2.18 bits per heavy atom. The smallest absolute Gasteiger partial charge is 0.296 e. The Bertz CT molecular complexity index is 836. The lowest BCUT2D eigenvalue weighted by atomic mass is 10.2. The minimum atomic E-state index is -4.49. The minimum absolute atomic E-state index is 0.138. The van der Waals surface area contributed by atoms with Crippen molar-refractivity contribution >= 4 is 50.4 Å². The zero-order valence-corrected chi connectivity index (χ0v) is 12.8. The highest BCUT2D eigenvalue weighted by atomic mass is 35.5. The van der Waals surface area contributed by atoms with Gasteiger partial charge >= 0.3 is 0 Å². The summed E-state index contributed by atoms with van der Waals surface area (Å²) in [6, 6.07) is 3.32. The largest absolute Gasteiger partial charge is 0.398 e. The lowest BCUT2D eigenvalue weighted by molar-refractivity contribution is 0.483. The van der Waals surface area contributed by atoms with E-state index in [0.29, 0.717) is 0 Å². The average Bonchev–Trinajstić information content (AvgIpc) is 2.40. The summed E-state index contributed by atoms with van der Waals surface area (Å²) in [5, 5.41) is 1.40. The Morgan fingerprint density at radius 2 is 1.73 bits per heavy atom. The van der Waals surface area contributed by atoms with Crippen LogP contribution in [0.2, 0.25) is 10.0 Å². The summed E-state index contributed by atoms with van der Waals surface area (Å²) in [6.45, 7) is 0. The van der Waals surface area contributed by atoms with Gasteiger partial charge in [0.05, 0.1) is 11.4 Å². The van der Waals surface area contributed by atoms with Gasteiger partial charge in [0.25, 0.3) is 10.1 Å². The van der Waals surface area contributed by atoms with Crippen molar-refractivity contribution in [2.45, 2.75) is 4.90 Å². The molecule has 0 atom stereocenters. The van der Waals surface area contributed by atoms with Gasteiger partial charge in [-0.25, -0.2) is 0 Å². The highest BCUT2D eigenvalue weighted by Crippen LogP contribution is 2.36. The molecular formula is C11H7Cl2F2N3O3S. The Labute approximate surface area is 133 Å². The molecule has 2 aromatic rings. The third-order valence-electron chi connectivity index (χ3n) is 2.55. The highest BCUT2D eigenvalue weighted by Gasteiger charge is 2.19. The molecule has 0 bridgehead atoms. The van der Waals surface area contributed by atoms with Crippen LogP contribution in [0.3, 0.4) is 0 Å². The van der Waals surface area contributed by atoms with Crippen molar-refractivity contribution in [2.24, 2.45) is 0 Å². The first-order chi connectivity index (χ1) is 10.1. The molecule has 0 aliphatic heterocycles. The highest BCUT2D eigenvalue weighted by molar-refractivity contribution is 7.86. The Kier molecular flexibility index (Phi) is 4.43. The Balaban J connectivity index is 2.47. The number of pyridine rings is 1. The van der Waals surface area contributed by atoms with E-state index in [2.05, 4.69) is 10.3 Å². The molecule has 118 valence electrons. The number of rotatable bonds is 3. The van der Waals surface area contributed by atoms with E-state index >= 15 is 0 Å². The second kappa shape index (κ2) is 5.84. The molecule has 0 amide bonds. The number of hydrogen-bond donors (Lipinski definition) is 3. The molecular weight excluding hydrogens is 363 g/mol. The van der Waals surface area contributed by atoms with E-state index in [1.165, 1.54) is 6.07 Å². The zero-order chi connectivity index (χ0) is 16.7. The van der Waals surface area contributed by atoms with Crippen LogP contribution >= 0.6 is 23.2 Å². The maximum atomic E-state index is 13.3. The SMILES string of the molecule is Nc1cc(Nc2c(Cl)c(F)nc(F)c2Cl)ccc1S(=O)(=O)O. The summed E-state index contributed by atoms with van der Waals surface area (Å²) < 4.78 is 57.6. The molecule has 11 heteroatoms. The minimum Gasteiger partial charge on any atom is -0.398 e. The molecule has 6 nitrogen and oxygen atoms in total. The summed E-state index contributed by atoms with van der Waals surface area (Å²) in [7, 11) is -4.49. The number of nitrogens with two attached hydrogens (primary N) is 1. The van der Waals surface area contributed by atoms with Crippen LogP contribution < -0.4 is 11.1 Å². The second-order valence-corrected chi connectivity index (χ2v) is 6.19. The average molecular weight is 370 g/mol. The molecule has 0 spiro atoms. The van der Waals surface area contributed by atoms with Gasteiger partial charge < -0.3 is 11.1 Å². The molecule has 2 rings (SSSR count). The quantitative estimate of drug-likeness (QED) is 0.435. The molecule has 1 aromatic carbocycles. The number of nitrogen functional groups attached to an aromatic ring is 1. The molecule has 0 unspecified atom stereocenters. The molecule has 0 radical (unpaired) electrons. The molecule has 0 saturated heterocycles. The first-order valence-corrected chi connectivity index (χ1v) is 7.65. The van der Waals surface area contributed by atoms with Crippen molar-refractivity contribution in [1.82, 2.24) is 4.98 Å². The standard InChI is InChI=1S/C11H7Cl2F2N3O3S/c12-7-9(8(13)11(15)18-10(7)14)17-4-1-2-6(5(16)3-4)22(19,20)21/h1-3H,16H2,(H,17,18)(H,19,20,21). The van der Waals surface area contributed by atoms with Gasteiger partial charge in [-0.05, 0) is 18.2 Å². The molecule has 0 aliphatic rings. The number of anilines is 3. The lowest BCUT2D eigenvalue weighted by Gasteiger charge is -2.12. The summed E-state index contributed by atoms with van der Waals surface area (Å²) in [6.07, 6.45) is 0. The van der Waals surface area contributed by atoms with Crippen molar-refractivity contribution in [3.05, 3.63) is 40.1 Å². The first-order valence-electron chi connectivity index (χ1n) is 5.45. The van der Waals surface area contributed by atoms with E-state index in [-0.39, 0.29) is 17.1 Å². The van der Waals surface area contributed by atoms with Gasteiger partial charge in [-0.1, -0.05) is 23.2 Å². The fourth-order valence-corrected chi connectivity index (χ4v) is 2.62. The van der Waals surface area contributed by atoms with Crippen LogP contribution in [0.15, 0.2) is 23.1 Å². The molecule has 4 N–H and O–H groups in total. The number of nitrogens with zero attached hydrogens (tertiary/aromatic N) is 1. The molecule has 0 saturated carbocycles. The molecule has 0 fully saturated rings. The van der Waals surface area contributed by atoms with E-state index in [4.69, 9.17) is 33.5 Å². The van der Waals surface area contributed by atoms with Crippen LogP contribution in [0.5, 0.6) is 0 Å². The van der Waals surface area contributed by atoms with Gasteiger partial charge in [0.2, 0.25) is 11.9 Å². The van der Waals surface area contributed by atoms with Gasteiger partial charge in [-0.2, -0.15) is 22.2 Å². The molecule has 1 aromatic heterocycles. The van der Waals surface area contributed by atoms with E-state index < -0.39 is 37.0 Å². The summed E-state index contributed by atoms with van der Waals surface area (Å²) in [5.74, 6) is -2.54. The lowest BCUT2D eigenvalue weighted by Crippen LogP contribution is -2.04. The summed E-state index contributed by atoms with van der Waals surface area (Å²) in [4.78, 5) is 2.35. The van der Waals surface area contributed by atoms with Gasteiger partial charge in [0.1, 0.15) is 14.9 Å². The fourth-order valence-electron chi connectivity index (χ4n) is 1.60. The van der Waals surface area contributed by atoms with E-state index in [1.807, 2.05) is 0 Å². The molecule has 22 heavy (non-hydrogen) atoms. The van der Waals surface area contributed by atoms with Crippen molar-refractivity contribution in [1.29, 1.82) is 0 Å². The van der Waals surface area contributed by atoms with Crippen LogP contribution in [0.4, 0.5) is 25.8 Å². The van der Waals surface area contributed by atoms with Gasteiger partial charge in [0, 0.05) is 5.69 Å². The summed E-state index contributed by atoms with van der Waals surface area (Å²) >= 11 is 11.3. The zero-order valence-electron chi connectivity index (χ0n) is 10.4. The van der Waals surface area contributed by atoms with Crippen molar-refractivity contribution in [3.8, 4) is 0 Å². The van der Waals surface area contributed by atoms with Gasteiger partial charge in [0.15, 0.2) is 0 Å². The molecule has 1 heterocycles. The second-order valence-electron chi connectivity index (χ2n) is 4.05. The maximum Gasteiger partial charge on any atom is 0.296 e. The third kappa shape index (κ3) is 3.22. The van der Waals surface area contributed by atoms with Crippen molar-refractivity contribution in [2.75, 3.05) is 11.1 Å². The van der Waals surface area contributed by atoms with E-state index in [9.17, 15) is 17.2 Å². The predicted molar refractivity (Wildman–Crippen MR) is 78.1 cm³/mol. The third-order valence-corrected chi connectivity index (χ3v) is 4.17. The van der Waals surface area contributed by atoms with Crippen LogP contribution in [0.1, 0.15) is 0 Å². The van der Waals surface area contributed by atoms with Crippen molar-refractivity contribution in [3.63, 3.8) is 0 Å². The van der Waals surface area contributed by atoms with Crippen LogP contribution in [-0.4, -0.2) is 18.0 Å². The van der Waals surface area contributed by atoms with Crippen LogP contribution in [0.25, 0.3) is 0 Å². The Morgan fingerprint density at radius 1 is 1.18 bits per heavy atom. The van der Waals surface area contributed by atoms with Crippen LogP contribution in [0, 0.1) is 11.9 Å². The van der Waals surface area contributed by atoms with E-state index in [0.717, 1.165) is 12.1 Å². The van der Waals surface area contributed by atoms with Crippen molar-refractivity contribution < 1.29 is 21.8 Å². The normalized spacial score (nSPS) is 11.5. The molecule has 0 aliphatic carbocycles. The number of hydrogen-bond acceptors (Lipinski definition) is 5. The monoisotopic (exact) mass is 369 g/mol. The first kappa shape index (κ1) is 16.7. The fraction of sp³-hybridized carbons (Fsp3) is 0. The number of nitrogens with one attached hydrogen (secondary N) is 1. The topological polar surface area (TPSA) is 105 Å². The number of benzene rings is 1. The summed E-state index contributed by atoms with van der Waals surface area (Å²) in [5.41, 5.74) is 5.05. The van der Waals surface area contributed by atoms with Crippen LogP contribution in [-0.2, 0) is 10.1 Å². The number of aromatic nitrogens is 1. The number of halogens is 4. The van der Waals surface area contributed by atoms with Gasteiger partial charge in [-0.3, -0.25) is 4.55 Å². The Hall–Kier alpha value is -1.68. The van der Waals surface area contributed by atoms with Gasteiger partial charge in [-0.15, -0.1) is 0 Å². The maximum absolute atomic E-state index is 13.3. The predicted octanol–water partition coefficient (Wildman–Crippen LogP) is 3.24. The van der Waals surface area contributed by atoms with E-state index in [1.54, 1.807) is 0 Å².